The largest absolute Gasteiger partial charge is 0.456 e. The first-order valence-corrected chi connectivity index (χ1v) is 10.8. The molecule has 0 aliphatic carbocycles. The summed E-state index contributed by atoms with van der Waals surface area (Å²) in [6.45, 7) is 0.603. The van der Waals surface area contributed by atoms with Crippen molar-refractivity contribution in [2.45, 2.75) is 24.4 Å². The lowest BCUT2D eigenvalue weighted by Gasteiger charge is -2.15. The van der Waals surface area contributed by atoms with Gasteiger partial charge in [-0.2, -0.15) is 4.98 Å². The zero-order chi connectivity index (χ0) is 21.8. The Morgan fingerprint density at radius 1 is 1.12 bits per heavy atom. The van der Waals surface area contributed by atoms with Crippen LogP contribution in [0.3, 0.4) is 0 Å². The molecule has 2 aliphatic rings. The predicted octanol–water partition coefficient (Wildman–Crippen LogP) is 3.19. The highest BCUT2D eigenvalue weighted by Crippen LogP contribution is 2.34. The van der Waals surface area contributed by atoms with Gasteiger partial charge in [0.25, 0.3) is 6.01 Å². The Kier molecular flexibility index (Phi) is 4.69. The molecule has 32 heavy (non-hydrogen) atoms. The van der Waals surface area contributed by atoms with Crippen LogP contribution in [0.25, 0.3) is 33.4 Å². The molecule has 164 valence electrons. The fourth-order valence-corrected chi connectivity index (χ4v) is 4.63. The van der Waals surface area contributed by atoms with Gasteiger partial charge in [-0.25, -0.2) is 4.98 Å². The third-order valence-corrected chi connectivity index (χ3v) is 6.30. The number of rotatable bonds is 4. The summed E-state index contributed by atoms with van der Waals surface area (Å²) in [5.74, 6) is 0. The van der Waals surface area contributed by atoms with Gasteiger partial charge in [0.2, 0.25) is 0 Å². The van der Waals surface area contributed by atoms with Gasteiger partial charge in [-0.1, -0.05) is 35.9 Å². The topological polar surface area (TPSA) is 94.4 Å². The van der Waals surface area contributed by atoms with Gasteiger partial charge >= 0.3 is 0 Å². The molecule has 0 radical (unpaired) electrons. The maximum Gasteiger partial charge on any atom is 0.295 e. The van der Waals surface area contributed by atoms with Crippen LogP contribution in [0.4, 0.5) is 0 Å². The number of hydrogen-bond donors (Lipinski definition) is 2. The molecular weight excluding hydrogens is 432 g/mol. The molecule has 4 atom stereocenters. The molecule has 2 fully saturated rings. The molecule has 0 amide bonds. The first kappa shape index (κ1) is 19.8. The zero-order valence-electron chi connectivity index (χ0n) is 17.2. The van der Waals surface area contributed by atoms with Gasteiger partial charge in [-0.05, 0) is 17.7 Å². The van der Waals surface area contributed by atoms with Crippen molar-refractivity contribution < 1.29 is 19.3 Å². The van der Waals surface area contributed by atoms with Crippen LogP contribution in [0.15, 0.2) is 48.9 Å². The molecule has 2 aromatic heterocycles. The molecule has 9 heteroatoms. The SMILES string of the molecule is Cn1cnc(-c2ccc(-c3cc4nc(O[C@@H]5CO[C@H]6[C@@H]5OC[C@H]6O)[nH]c4cc3Cl)cc2)c1. The summed E-state index contributed by atoms with van der Waals surface area (Å²) in [6, 6.07) is 12.3. The molecule has 8 nitrogen and oxygen atoms in total. The van der Waals surface area contributed by atoms with E-state index in [-0.39, 0.29) is 24.9 Å². The molecule has 4 heterocycles. The van der Waals surface area contributed by atoms with Crippen molar-refractivity contribution in [1.82, 2.24) is 19.5 Å². The third kappa shape index (κ3) is 3.36. The summed E-state index contributed by atoms with van der Waals surface area (Å²) in [5.41, 5.74) is 5.36. The molecule has 2 aliphatic heterocycles. The second-order valence-electron chi connectivity index (χ2n) is 8.21. The van der Waals surface area contributed by atoms with E-state index in [0.29, 0.717) is 17.6 Å². The summed E-state index contributed by atoms with van der Waals surface area (Å²) in [6.07, 6.45) is 2.18. The number of aromatic nitrogens is 4. The lowest BCUT2D eigenvalue weighted by Crippen LogP contribution is -2.34. The fraction of sp³-hybridized carbons (Fsp3) is 0.304. The number of hydrogen-bond acceptors (Lipinski definition) is 6. The average Bonchev–Trinajstić information content (AvgIpc) is 3.55. The van der Waals surface area contributed by atoms with Crippen LogP contribution in [0.2, 0.25) is 5.02 Å². The van der Waals surface area contributed by atoms with Gasteiger partial charge in [-0.15, -0.1) is 0 Å². The number of nitrogens with zero attached hydrogens (tertiary/aromatic N) is 3. The maximum absolute atomic E-state index is 9.90. The predicted molar refractivity (Wildman–Crippen MR) is 119 cm³/mol. The minimum Gasteiger partial charge on any atom is -0.456 e. The number of aliphatic hydroxyl groups is 1. The van der Waals surface area contributed by atoms with E-state index in [2.05, 4.69) is 15.0 Å². The van der Waals surface area contributed by atoms with E-state index < -0.39 is 6.10 Å². The summed E-state index contributed by atoms with van der Waals surface area (Å²) < 4.78 is 19.2. The minimum atomic E-state index is -0.616. The lowest BCUT2D eigenvalue weighted by atomic mass is 10.0. The minimum absolute atomic E-state index is 0.257. The van der Waals surface area contributed by atoms with Crippen molar-refractivity contribution in [3.8, 4) is 28.4 Å². The number of aryl methyl sites for hydroxylation is 1. The highest BCUT2D eigenvalue weighted by atomic mass is 35.5. The average molecular weight is 453 g/mol. The van der Waals surface area contributed by atoms with Crippen molar-refractivity contribution >= 4 is 22.6 Å². The Hall–Kier alpha value is -2.91. The molecule has 2 N–H and O–H groups in total. The summed E-state index contributed by atoms with van der Waals surface area (Å²) in [7, 11) is 1.95. The Morgan fingerprint density at radius 2 is 1.91 bits per heavy atom. The standard InChI is InChI=1S/C23H21ClN4O4/c1-28-8-18(25-11-28)13-4-2-12(3-5-13)14-6-16-17(7-15(14)24)27-23(26-16)32-20-10-31-21-19(29)9-30-22(20)21/h2-8,11,19-22,29H,9-10H2,1H3,(H,26,27)/t19-,20-,21-,22-/m1/s1. The third-order valence-electron chi connectivity index (χ3n) is 5.99. The number of imidazole rings is 2. The maximum atomic E-state index is 9.90. The van der Waals surface area contributed by atoms with Gasteiger partial charge in [0.05, 0.1) is 41.3 Å². The summed E-state index contributed by atoms with van der Waals surface area (Å²) in [5, 5.41) is 10.5. The van der Waals surface area contributed by atoms with Crippen molar-refractivity contribution in [1.29, 1.82) is 0 Å². The van der Waals surface area contributed by atoms with E-state index in [9.17, 15) is 5.11 Å². The van der Waals surface area contributed by atoms with Crippen LogP contribution in [-0.2, 0) is 16.5 Å². The van der Waals surface area contributed by atoms with E-state index >= 15 is 0 Å². The van der Waals surface area contributed by atoms with Crippen LogP contribution in [0.5, 0.6) is 6.01 Å². The number of benzene rings is 2. The normalized spacial score (nSPS) is 24.8. The molecule has 4 aromatic rings. The second-order valence-corrected chi connectivity index (χ2v) is 8.62. The van der Waals surface area contributed by atoms with Crippen molar-refractivity contribution in [3.05, 3.63) is 53.9 Å². The van der Waals surface area contributed by atoms with E-state index in [1.54, 1.807) is 6.33 Å². The summed E-state index contributed by atoms with van der Waals surface area (Å²) in [4.78, 5) is 12.1. The number of aromatic amines is 1. The smallest absolute Gasteiger partial charge is 0.295 e. The number of ether oxygens (including phenoxy) is 3. The summed E-state index contributed by atoms with van der Waals surface area (Å²) >= 11 is 6.59. The highest BCUT2D eigenvalue weighted by molar-refractivity contribution is 6.34. The van der Waals surface area contributed by atoms with Gasteiger partial charge < -0.3 is 28.9 Å². The second kappa shape index (κ2) is 7.60. The van der Waals surface area contributed by atoms with Crippen molar-refractivity contribution in [2.75, 3.05) is 13.2 Å². The first-order chi connectivity index (χ1) is 15.5. The fourth-order valence-electron chi connectivity index (χ4n) is 4.35. The van der Waals surface area contributed by atoms with E-state index in [0.717, 1.165) is 33.4 Å². The molecule has 0 unspecified atom stereocenters. The van der Waals surface area contributed by atoms with E-state index in [4.69, 9.17) is 25.8 Å². The highest BCUT2D eigenvalue weighted by Gasteiger charge is 2.48. The molecular formula is C23H21ClN4O4. The molecule has 0 saturated carbocycles. The van der Waals surface area contributed by atoms with E-state index in [1.165, 1.54) is 0 Å². The number of halogens is 1. The number of fused-ring (bicyclic) bond motifs is 2. The monoisotopic (exact) mass is 452 g/mol. The number of H-pyrrole nitrogens is 1. The van der Waals surface area contributed by atoms with Gasteiger partial charge in [0.15, 0.2) is 6.10 Å². The van der Waals surface area contributed by atoms with Crippen LogP contribution in [-0.4, -0.2) is 62.3 Å². The Labute approximate surface area is 188 Å². The van der Waals surface area contributed by atoms with Gasteiger partial charge in [0, 0.05) is 24.4 Å². The van der Waals surface area contributed by atoms with Gasteiger partial charge in [0.1, 0.15) is 18.3 Å². The van der Waals surface area contributed by atoms with Crippen molar-refractivity contribution in [3.63, 3.8) is 0 Å². The van der Waals surface area contributed by atoms with Crippen LogP contribution in [0, 0.1) is 0 Å². The van der Waals surface area contributed by atoms with Gasteiger partial charge in [-0.3, -0.25) is 0 Å². The molecule has 0 spiro atoms. The zero-order valence-corrected chi connectivity index (χ0v) is 18.0. The molecule has 2 aromatic carbocycles. The van der Waals surface area contributed by atoms with Crippen LogP contribution >= 0.6 is 11.6 Å². The number of aliphatic hydroxyl groups excluding tert-OH is 1. The number of nitrogens with one attached hydrogen (secondary N) is 1. The lowest BCUT2D eigenvalue weighted by molar-refractivity contribution is 0.00706. The van der Waals surface area contributed by atoms with Crippen molar-refractivity contribution in [2.24, 2.45) is 7.05 Å². The Morgan fingerprint density at radius 3 is 2.69 bits per heavy atom. The first-order valence-electron chi connectivity index (χ1n) is 10.4. The van der Waals surface area contributed by atoms with Crippen LogP contribution in [0.1, 0.15) is 0 Å². The van der Waals surface area contributed by atoms with Crippen LogP contribution < -0.4 is 4.74 Å². The quantitative estimate of drug-likeness (QED) is 0.494. The molecule has 0 bridgehead atoms. The molecule has 6 rings (SSSR count). The Balaban J connectivity index is 1.26. The van der Waals surface area contributed by atoms with E-state index in [1.807, 2.05) is 54.2 Å². The Bertz CT molecular complexity index is 1290. The molecule has 2 saturated heterocycles.